The Morgan fingerprint density at radius 1 is 1.75 bits per heavy atom. The molecule has 0 aliphatic heterocycles. The highest BCUT2D eigenvalue weighted by Gasteiger charge is 1.88. The van der Waals surface area contributed by atoms with Gasteiger partial charge in [0.05, 0.1) is 0 Å². The largest absolute Gasteiger partial charge is 0.320 e. The molecule has 2 rings (SSSR count). The van der Waals surface area contributed by atoms with Gasteiger partial charge >= 0.3 is 0 Å². The zero-order chi connectivity index (χ0) is 5.40. The highest BCUT2D eigenvalue weighted by atomic mass is 15.3. The van der Waals surface area contributed by atoms with Gasteiger partial charge in [-0.2, -0.15) is 0 Å². The molecule has 0 spiro atoms. The third kappa shape index (κ3) is 0.307. The predicted octanol–water partition coefficient (Wildman–Crippen LogP) is 0.263. The molecule has 0 saturated heterocycles. The number of nitrogens with zero attached hydrogens (tertiary/aromatic N) is 2. The maximum absolute atomic E-state index is 3.78. The van der Waals surface area contributed by atoms with Crippen LogP contribution < -0.4 is 0 Å². The first-order valence-electron chi connectivity index (χ1n) is 2.27. The Kier molecular flexibility index (Phi) is 0.521. The summed E-state index contributed by atoms with van der Waals surface area (Å²) >= 11 is 0. The van der Waals surface area contributed by atoms with Crippen molar-refractivity contribution in [3.8, 4) is 0 Å². The van der Waals surface area contributed by atoms with E-state index in [2.05, 4.69) is 22.5 Å². The Morgan fingerprint density at radius 2 is 2.75 bits per heavy atom. The van der Waals surface area contributed by atoms with Gasteiger partial charge in [-0.3, -0.25) is 0 Å². The molecule has 0 aliphatic rings. The predicted molar refractivity (Wildman–Crippen MR) is 27.2 cm³/mol. The summed E-state index contributed by atoms with van der Waals surface area (Å²) in [6, 6.07) is 4.68. The van der Waals surface area contributed by atoms with Gasteiger partial charge in [-0.1, -0.05) is 0 Å². The van der Waals surface area contributed by atoms with Gasteiger partial charge in [-0.15, -0.1) is 5.10 Å². The Balaban J connectivity index is 3.06. The maximum atomic E-state index is 3.78. The Hall–Kier alpha value is -1.25. The van der Waals surface area contributed by atoms with Crippen molar-refractivity contribution in [1.82, 2.24) is 14.6 Å². The van der Waals surface area contributed by atoms with E-state index in [-0.39, 0.29) is 0 Å². The molecule has 0 unspecified atom stereocenters. The minimum Gasteiger partial charge on any atom is -0.320 e. The first-order valence-corrected chi connectivity index (χ1v) is 2.27. The lowest BCUT2D eigenvalue weighted by Gasteiger charge is -1.71. The van der Waals surface area contributed by atoms with Gasteiger partial charge in [0, 0.05) is 12.3 Å². The van der Waals surface area contributed by atoms with E-state index in [4.69, 9.17) is 0 Å². The molecule has 2 aromatic heterocycles. The second-order valence-electron chi connectivity index (χ2n) is 1.51. The van der Waals surface area contributed by atoms with E-state index in [9.17, 15) is 0 Å². The summed E-state index contributed by atoms with van der Waals surface area (Å²) in [5.74, 6) is 0. The molecule has 0 fully saturated rings. The van der Waals surface area contributed by atoms with Crippen LogP contribution in [-0.4, -0.2) is 14.6 Å². The third-order valence-electron chi connectivity index (χ3n) is 1.01. The molecule has 0 bridgehead atoms. The van der Waals surface area contributed by atoms with Crippen LogP contribution in [0.1, 0.15) is 0 Å². The molecule has 0 aromatic carbocycles. The minimum absolute atomic E-state index is 0.921. The number of hydrogen-bond acceptors (Lipinski definition) is 1. The van der Waals surface area contributed by atoms with Gasteiger partial charge < -0.3 is 4.98 Å². The molecule has 38 valence electrons. The number of nitrogens with one attached hydrogen (secondary N) is 1. The van der Waals surface area contributed by atoms with Gasteiger partial charge in [0.15, 0.2) is 6.33 Å². The quantitative estimate of drug-likeness (QED) is 0.512. The highest BCUT2D eigenvalue weighted by molar-refractivity contribution is 5.34. The number of aromatic nitrogens is 3. The van der Waals surface area contributed by atoms with E-state index in [0.717, 1.165) is 5.65 Å². The smallest absolute Gasteiger partial charge is 0.197 e. The maximum Gasteiger partial charge on any atom is 0.197 e. The first-order chi connectivity index (χ1) is 3.97. The number of H-pyrrole nitrogens is 1. The van der Waals surface area contributed by atoms with Crippen LogP contribution in [0, 0.1) is 12.4 Å². The molecule has 8 heavy (non-hydrogen) atoms. The van der Waals surface area contributed by atoms with Crippen molar-refractivity contribution in [2.75, 3.05) is 0 Å². The summed E-state index contributed by atoms with van der Waals surface area (Å²) < 4.78 is 1.67. The fourth-order valence-electron chi connectivity index (χ4n) is 0.635. The van der Waals surface area contributed by atoms with Crippen LogP contribution in [0.25, 0.3) is 5.65 Å². The number of aromatic amines is 1. The van der Waals surface area contributed by atoms with E-state index >= 15 is 0 Å². The Morgan fingerprint density at radius 3 is 3.62 bits per heavy atom. The van der Waals surface area contributed by atoms with Gasteiger partial charge in [-0.05, 0) is 6.07 Å². The second kappa shape index (κ2) is 1.12. The molecule has 0 saturated carbocycles. The monoisotopic (exact) mass is 105 g/mol. The van der Waals surface area contributed by atoms with Gasteiger partial charge in [-0.25, -0.2) is 4.52 Å². The van der Waals surface area contributed by atoms with Crippen LogP contribution in [0.4, 0.5) is 0 Å². The average Bonchev–Trinajstić information content (AvgIpc) is 2.15. The summed E-state index contributed by atoms with van der Waals surface area (Å²) in [5, 5.41) is 3.78. The van der Waals surface area contributed by atoms with Crippen molar-refractivity contribution in [3.05, 3.63) is 24.7 Å². The zero-order valence-electron chi connectivity index (χ0n) is 4.05. The molecular weight excluding hydrogens is 102 g/mol. The Labute approximate surface area is 45.9 Å². The lowest BCUT2D eigenvalue weighted by molar-refractivity contribution is 0.970. The van der Waals surface area contributed by atoms with Crippen molar-refractivity contribution in [2.45, 2.75) is 0 Å². The number of hydrogen-bond donors (Lipinski definition) is 1. The van der Waals surface area contributed by atoms with Crippen LogP contribution in [0.3, 0.4) is 0 Å². The standard InChI is InChI=1S/C5H3N3/c1-2-5-6-4-7-8(5)3-1/h2-3H,(H,6,7). The number of rotatable bonds is 0. The normalized spacial score (nSPS) is 10.5. The van der Waals surface area contributed by atoms with E-state index < -0.39 is 0 Å². The average molecular weight is 105 g/mol. The van der Waals surface area contributed by atoms with E-state index in [1.807, 2.05) is 6.07 Å². The Bertz CT molecular complexity index is 229. The second-order valence-corrected chi connectivity index (χ2v) is 1.51. The summed E-state index contributed by atoms with van der Waals surface area (Å²) in [6.07, 6.45) is 4.32. The SMILES string of the molecule is [c]1cc2[nH][c]nn2c1. The fraction of sp³-hybridized carbons (Fsp3) is 0. The lowest BCUT2D eigenvalue weighted by Crippen LogP contribution is -1.74. The summed E-state index contributed by atoms with van der Waals surface area (Å²) in [4.78, 5) is 2.80. The zero-order valence-corrected chi connectivity index (χ0v) is 4.05. The van der Waals surface area contributed by atoms with E-state index in [1.54, 1.807) is 10.7 Å². The van der Waals surface area contributed by atoms with Gasteiger partial charge in [0.2, 0.25) is 0 Å². The minimum atomic E-state index is 0.921. The molecule has 2 heterocycles. The molecule has 3 heteroatoms. The molecule has 1 N–H and O–H groups in total. The highest BCUT2D eigenvalue weighted by Crippen LogP contribution is 1.93. The topological polar surface area (TPSA) is 33.1 Å². The summed E-state index contributed by atoms with van der Waals surface area (Å²) in [5.41, 5.74) is 0.921. The van der Waals surface area contributed by atoms with Crippen LogP contribution in [-0.2, 0) is 0 Å². The van der Waals surface area contributed by atoms with Crippen molar-refractivity contribution in [1.29, 1.82) is 0 Å². The summed E-state index contributed by atoms with van der Waals surface area (Å²) in [7, 11) is 0. The molecule has 2 radical (unpaired) electrons. The van der Waals surface area contributed by atoms with Crippen LogP contribution in [0.5, 0.6) is 0 Å². The lowest BCUT2D eigenvalue weighted by atomic mass is 10.6. The van der Waals surface area contributed by atoms with E-state index in [0.29, 0.717) is 0 Å². The van der Waals surface area contributed by atoms with Crippen LogP contribution in [0.2, 0.25) is 0 Å². The van der Waals surface area contributed by atoms with Crippen LogP contribution >= 0.6 is 0 Å². The van der Waals surface area contributed by atoms with Crippen molar-refractivity contribution >= 4 is 5.65 Å². The van der Waals surface area contributed by atoms with Gasteiger partial charge in [0.1, 0.15) is 5.65 Å². The van der Waals surface area contributed by atoms with Crippen LogP contribution in [0.15, 0.2) is 12.3 Å². The third-order valence-corrected chi connectivity index (χ3v) is 1.01. The molecule has 2 aromatic rings. The molecular formula is C5H3N3. The number of fused-ring (bicyclic) bond motifs is 1. The van der Waals surface area contributed by atoms with Crippen molar-refractivity contribution in [3.63, 3.8) is 0 Å². The molecule has 0 atom stereocenters. The van der Waals surface area contributed by atoms with E-state index in [1.165, 1.54) is 0 Å². The molecule has 3 nitrogen and oxygen atoms in total. The van der Waals surface area contributed by atoms with Crippen molar-refractivity contribution in [2.24, 2.45) is 0 Å². The van der Waals surface area contributed by atoms with Crippen molar-refractivity contribution < 1.29 is 0 Å². The molecule has 0 amide bonds. The first kappa shape index (κ1) is 3.72. The molecule has 0 aliphatic carbocycles. The summed E-state index contributed by atoms with van der Waals surface area (Å²) in [6.45, 7) is 0. The van der Waals surface area contributed by atoms with Gasteiger partial charge in [0.25, 0.3) is 0 Å². The fourth-order valence-corrected chi connectivity index (χ4v) is 0.635.